The number of rotatable bonds is 3. The molecule has 1 aromatic heterocycles. The maximum absolute atomic E-state index is 11.5. The van der Waals surface area contributed by atoms with Crippen LogP contribution in [0.2, 0.25) is 0 Å². The number of hydrogen-bond acceptors (Lipinski definition) is 6. The van der Waals surface area contributed by atoms with E-state index in [4.69, 9.17) is 4.74 Å². The van der Waals surface area contributed by atoms with Gasteiger partial charge in [-0.25, -0.2) is 9.97 Å². The molecule has 1 aliphatic rings. The predicted molar refractivity (Wildman–Crippen MR) is 82.4 cm³/mol. The molecule has 7 heteroatoms. The molecule has 2 heterocycles. The molecule has 1 fully saturated rings. The van der Waals surface area contributed by atoms with Crippen molar-refractivity contribution in [2.75, 3.05) is 0 Å². The summed E-state index contributed by atoms with van der Waals surface area (Å²) in [5.41, 5.74) is 1.58. The van der Waals surface area contributed by atoms with E-state index < -0.39 is 0 Å². The van der Waals surface area contributed by atoms with Crippen LogP contribution in [0.5, 0.6) is 11.6 Å². The van der Waals surface area contributed by atoms with Crippen LogP contribution in [0.3, 0.4) is 0 Å². The monoisotopic (exact) mass is 313 g/mol. The fourth-order valence-electron chi connectivity index (χ4n) is 1.85. The lowest BCUT2D eigenvalue weighted by Crippen LogP contribution is -2.17. The van der Waals surface area contributed by atoms with Gasteiger partial charge in [-0.3, -0.25) is 14.9 Å². The topological polar surface area (TPSA) is 81.2 Å². The van der Waals surface area contributed by atoms with E-state index in [9.17, 15) is 9.59 Å². The van der Waals surface area contributed by atoms with Gasteiger partial charge in [0.2, 0.25) is 5.88 Å². The number of aromatic nitrogens is 2. The summed E-state index contributed by atoms with van der Waals surface area (Å²) < 4.78 is 5.71. The van der Waals surface area contributed by atoms with Crippen molar-refractivity contribution in [1.29, 1.82) is 0 Å². The molecule has 3 rings (SSSR count). The van der Waals surface area contributed by atoms with Crippen LogP contribution >= 0.6 is 11.8 Å². The van der Waals surface area contributed by atoms with Gasteiger partial charge in [-0.15, -0.1) is 0 Å². The van der Waals surface area contributed by atoms with Crippen molar-refractivity contribution in [2.24, 2.45) is 0 Å². The molecule has 0 aliphatic carbocycles. The molecule has 0 unspecified atom stereocenters. The fraction of sp³-hybridized carbons (Fsp3) is 0.0667. The lowest BCUT2D eigenvalue weighted by Gasteiger charge is -2.07. The van der Waals surface area contributed by atoms with Crippen LogP contribution in [0.25, 0.3) is 6.08 Å². The molecule has 0 saturated carbocycles. The molecule has 6 nitrogen and oxygen atoms in total. The average molecular weight is 313 g/mol. The highest BCUT2D eigenvalue weighted by atomic mass is 32.2. The summed E-state index contributed by atoms with van der Waals surface area (Å²) in [6.45, 7) is 1.85. The molecule has 0 spiro atoms. The predicted octanol–water partition coefficient (Wildman–Crippen LogP) is 2.90. The Hall–Kier alpha value is -2.67. The Labute approximate surface area is 130 Å². The van der Waals surface area contributed by atoms with Crippen molar-refractivity contribution in [3.05, 3.63) is 52.8 Å². The molecule has 0 atom stereocenters. The number of carbonyl (C=O) groups excluding carboxylic acids is 2. The van der Waals surface area contributed by atoms with Crippen LogP contribution in [-0.4, -0.2) is 21.1 Å². The zero-order chi connectivity index (χ0) is 15.5. The van der Waals surface area contributed by atoms with Crippen molar-refractivity contribution in [2.45, 2.75) is 6.92 Å². The number of aryl methyl sites for hydroxylation is 1. The number of amides is 2. The van der Waals surface area contributed by atoms with Crippen LogP contribution in [0.1, 0.15) is 11.1 Å². The number of imide groups is 1. The Bertz CT molecular complexity index is 789. The number of nitrogens with one attached hydrogen (secondary N) is 1. The highest BCUT2D eigenvalue weighted by Gasteiger charge is 2.24. The Morgan fingerprint density at radius 1 is 1.32 bits per heavy atom. The largest absolute Gasteiger partial charge is 0.439 e. The van der Waals surface area contributed by atoms with E-state index in [1.165, 1.54) is 6.33 Å². The SMILES string of the molecule is Cc1cncnc1Oc1cccc(C=C2SC(=O)NC2=O)c1. The second-order valence-corrected chi connectivity index (χ2v) is 5.55. The molecular weight excluding hydrogens is 302 g/mol. The first-order valence-corrected chi connectivity index (χ1v) is 7.23. The van der Waals surface area contributed by atoms with Crippen molar-refractivity contribution in [3.8, 4) is 11.6 Å². The minimum absolute atomic E-state index is 0.361. The first-order valence-electron chi connectivity index (χ1n) is 6.41. The normalized spacial score (nSPS) is 16.0. The van der Waals surface area contributed by atoms with E-state index in [0.717, 1.165) is 22.9 Å². The summed E-state index contributed by atoms with van der Waals surface area (Å²) in [5.74, 6) is 0.682. The number of thioether (sulfide) groups is 1. The molecule has 0 bridgehead atoms. The summed E-state index contributed by atoms with van der Waals surface area (Å²) >= 11 is 0.881. The van der Waals surface area contributed by atoms with E-state index in [2.05, 4.69) is 15.3 Å². The third-order valence-electron chi connectivity index (χ3n) is 2.86. The maximum Gasteiger partial charge on any atom is 0.290 e. The standard InChI is InChI=1S/C15H11N3O3S/c1-9-7-16-8-17-14(9)21-11-4-2-3-10(5-11)6-12-13(19)18-15(20)22-12/h2-8H,1H3,(H,18,19,20). The fourth-order valence-corrected chi connectivity index (χ4v) is 2.53. The average Bonchev–Trinajstić information content (AvgIpc) is 2.80. The summed E-state index contributed by atoms with van der Waals surface area (Å²) in [5, 5.41) is 1.86. The summed E-state index contributed by atoms with van der Waals surface area (Å²) in [6, 6.07) is 7.18. The van der Waals surface area contributed by atoms with Gasteiger partial charge in [0.15, 0.2) is 0 Å². The van der Waals surface area contributed by atoms with Crippen LogP contribution in [0.15, 0.2) is 41.7 Å². The van der Waals surface area contributed by atoms with Gasteiger partial charge in [-0.1, -0.05) is 12.1 Å². The lowest BCUT2D eigenvalue weighted by atomic mass is 10.2. The maximum atomic E-state index is 11.5. The molecule has 2 amide bonds. The first-order chi connectivity index (χ1) is 10.6. The summed E-state index contributed by atoms with van der Waals surface area (Å²) in [7, 11) is 0. The number of hydrogen-bond donors (Lipinski definition) is 1. The Morgan fingerprint density at radius 2 is 2.18 bits per heavy atom. The highest BCUT2D eigenvalue weighted by Crippen LogP contribution is 2.28. The molecule has 22 heavy (non-hydrogen) atoms. The van der Waals surface area contributed by atoms with Crippen LogP contribution in [-0.2, 0) is 4.79 Å². The van der Waals surface area contributed by atoms with Gasteiger partial charge in [0.1, 0.15) is 12.1 Å². The molecule has 1 aliphatic heterocycles. The highest BCUT2D eigenvalue weighted by molar-refractivity contribution is 8.18. The molecule has 0 radical (unpaired) electrons. The number of ether oxygens (including phenoxy) is 1. The van der Waals surface area contributed by atoms with Crippen molar-refractivity contribution >= 4 is 29.0 Å². The van der Waals surface area contributed by atoms with E-state index in [1.807, 2.05) is 13.0 Å². The van der Waals surface area contributed by atoms with Gasteiger partial charge >= 0.3 is 0 Å². The number of benzene rings is 1. The molecule has 1 aromatic carbocycles. The van der Waals surface area contributed by atoms with Crippen molar-refractivity contribution in [3.63, 3.8) is 0 Å². The van der Waals surface area contributed by atoms with Crippen LogP contribution in [0.4, 0.5) is 4.79 Å². The molecule has 1 N–H and O–H groups in total. The van der Waals surface area contributed by atoms with Crippen LogP contribution in [0, 0.1) is 6.92 Å². The van der Waals surface area contributed by atoms with E-state index >= 15 is 0 Å². The van der Waals surface area contributed by atoms with Crippen molar-refractivity contribution in [1.82, 2.24) is 15.3 Å². The van der Waals surface area contributed by atoms with Gasteiger partial charge in [0, 0.05) is 11.8 Å². The number of nitrogens with zero attached hydrogens (tertiary/aromatic N) is 2. The summed E-state index contributed by atoms with van der Waals surface area (Å²) in [4.78, 5) is 31.0. The van der Waals surface area contributed by atoms with E-state index in [1.54, 1.807) is 30.5 Å². The first kappa shape index (κ1) is 14.3. The summed E-state index contributed by atoms with van der Waals surface area (Å²) in [6.07, 6.45) is 4.73. The Balaban J connectivity index is 1.84. The zero-order valence-corrected chi connectivity index (χ0v) is 12.4. The third kappa shape index (κ3) is 3.15. The van der Waals surface area contributed by atoms with Gasteiger partial charge in [0.05, 0.1) is 4.91 Å². The smallest absolute Gasteiger partial charge is 0.290 e. The van der Waals surface area contributed by atoms with Gasteiger partial charge in [-0.05, 0) is 42.5 Å². The van der Waals surface area contributed by atoms with E-state index in [0.29, 0.717) is 16.5 Å². The minimum Gasteiger partial charge on any atom is -0.439 e. The third-order valence-corrected chi connectivity index (χ3v) is 3.67. The molecule has 2 aromatic rings. The van der Waals surface area contributed by atoms with Gasteiger partial charge in [0.25, 0.3) is 11.1 Å². The zero-order valence-electron chi connectivity index (χ0n) is 11.6. The molecule has 1 saturated heterocycles. The number of carbonyl (C=O) groups is 2. The quantitative estimate of drug-likeness (QED) is 0.878. The lowest BCUT2D eigenvalue weighted by molar-refractivity contribution is -0.115. The van der Waals surface area contributed by atoms with Gasteiger partial charge in [-0.2, -0.15) is 0 Å². The second kappa shape index (κ2) is 5.98. The van der Waals surface area contributed by atoms with Crippen LogP contribution < -0.4 is 10.1 Å². The van der Waals surface area contributed by atoms with Crippen molar-refractivity contribution < 1.29 is 14.3 Å². The molecular formula is C15H11N3O3S. The minimum atomic E-state index is -0.382. The van der Waals surface area contributed by atoms with Gasteiger partial charge < -0.3 is 4.74 Å². The Kier molecular flexibility index (Phi) is 3.88. The Morgan fingerprint density at radius 3 is 2.91 bits per heavy atom. The van der Waals surface area contributed by atoms with E-state index in [-0.39, 0.29) is 11.1 Å². The molecule has 110 valence electrons. The second-order valence-electron chi connectivity index (χ2n) is 4.54.